The van der Waals surface area contributed by atoms with Gasteiger partial charge >= 0.3 is 58.6 Å². The van der Waals surface area contributed by atoms with Crippen molar-refractivity contribution in [3.05, 3.63) is 16.6 Å². The summed E-state index contributed by atoms with van der Waals surface area (Å²) < 4.78 is 6.69. The van der Waals surface area contributed by atoms with E-state index in [0.717, 1.165) is 15.3 Å². The molecule has 0 bridgehead atoms. The topological polar surface area (TPSA) is 26.3 Å². The molecule has 1 heterocycles. The number of hydrogen-bond acceptors (Lipinski definition) is 2. The van der Waals surface area contributed by atoms with Gasteiger partial charge in [0, 0.05) is 0 Å². The van der Waals surface area contributed by atoms with Gasteiger partial charge in [0.05, 0.1) is 0 Å². The molecule has 0 saturated heterocycles. The Bertz CT molecular complexity index is 205. The molecule has 1 aromatic rings. The van der Waals surface area contributed by atoms with Crippen LogP contribution in [0, 0.1) is 0 Å². The molecule has 0 saturated carbocycles. The molecule has 0 aliphatic rings. The van der Waals surface area contributed by atoms with E-state index < -0.39 is 0 Å². The molecule has 0 N–H and O–H groups in total. The summed E-state index contributed by atoms with van der Waals surface area (Å²) in [6, 6.07) is 3.63. The van der Waals surface area contributed by atoms with Gasteiger partial charge in [0.25, 0.3) is 0 Å². The Hall–Kier alpha value is -0.531. The minimum atomic E-state index is 0.135. The Balaban J connectivity index is 2.86. The van der Waals surface area contributed by atoms with Crippen molar-refractivity contribution in [3.63, 3.8) is 0 Å². The molecule has 0 atom stereocenters. The van der Waals surface area contributed by atoms with Crippen LogP contribution in [0.5, 0.6) is 4.62 Å². The SMILES string of the molecule is COc1ccc(C=O)[se]1. The summed E-state index contributed by atoms with van der Waals surface area (Å²) in [5, 5.41) is 0. The first-order valence-electron chi connectivity index (χ1n) is 2.46. The van der Waals surface area contributed by atoms with Crippen molar-refractivity contribution in [1.29, 1.82) is 0 Å². The average Bonchev–Trinajstić information content (AvgIpc) is 2.34. The second-order valence-electron chi connectivity index (χ2n) is 1.48. The molecule has 0 unspecified atom stereocenters. The Morgan fingerprint density at radius 3 is 2.78 bits per heavy atom. The summed E-state index contributed by atoms with van der Waals surface area (Å²) in [6.45, 7) is 0. The van der Waals surface area contributed by atoms with Crippen LogP contribution in [0.1, 0.15) is 9.23 Å². The fraction of sp³-hybridized carbons (Fsp3) is 0.167. The quantitative estimate of drug-likeness (QED) is 0.502. The Morgan fingerprint density at radius 2 is 2.44 bits per heavy atom. The Labute approximate surface area is 59.2 Å². The van der Waals surface area contributed by atoms with E-state index >= 15 is 0 Å². The minimum absolute atomic E-state index is 0.135. The zero-order valence-corrected chi connectivity index (χ0v) is 6.67. The van der Waals surface area contributed by atoms with Crippen molar-refractivity contribution in [2.45, 2.75) is 0 Å². The number of carbonyl (C=O) groups is 1. The molecule has 0 aliphatic heterocycles. The summed E-state index contributed by atoms with van der Waals surface area (Å²) in [5.74, 6) is 0. The summed E-state index contributed by atoms with van der Waals surface area (Å²) in [4.78, 5) is 10.1. The van der Waals surface area contributed by atoms with Crippen LogP contribution in [0.3, 0.4) is 0 Å². The monoisotopic (exact) mass is 190 g/mol. The van der Waals surface area contributed by atoms with Crippen molar-refractivity contribution >= 4 is 20.8 Å². The van der Waals surface area contributed by atoms with Gasteiger partial charge in [-0.05, 0) is 0 Å². The first kappa shape index (κ1) is 6.59. The van der Waals surface area contributed by atoms with Crippen molar-refractivity contribution in [2.24, 2.45) is 0 Å². The maximum absolute atomic E-state index is 10.1. The first-order chi connectivity index (χ1) is 4.36. The molecule has 1 aromatic heterocycles. The van der Waals surface area contributed by atoms with E-state index in [1.165, 1.54) is 0 Å². The molecule has 0 aromatic carbocycles. The molecular weight excluding hydrogens is 183 g/mol. The van der Waals surface area contributed by atoms with Gasteiger partial charge < -0.3 is 0 Å². The maximum atomic E-state index is 10.1. The molecular formula is C6H6O2Se. The molecule has 0 radical (unpaired) electrons. The first-order valence-corrected chi connectivity index (χ1v) is 4.17. The van der Waals surface area contributed by atoms with Crippen LogP contribution in [0.4, 0.5) is 0 Å². The van der Waals surface area contributed by atoms with Crippen LogP contribution in [0.25, 0.3) is 0 Å². The van der Waals surface area contributed by atoms with Crippen molar-refractivity contribution in [1.82, 2.24) is 0 Å². The Kier molecular flexibility index (Phi) is 2.09. The summed E-state index contributed by atoms with van der Waals surface area (Å²) in [6.07, 6.45) is 0.878. The van der Waals surface area contributed by atoms with Crippen LogP contribution in [-0.2, 0) is 0 Å². The molecule has 0 amide bonds. The predicted molar refractivity (Wildman–Crippen MR) is 35.3 cm³/mol. The average molecular weight is 189 g/mol. The van der Waals surface area contributed by atoms with Gasteiger partial charge in [-0.3, -0.25) is 0 Å². The number of hydrogen-bond donors (Lipinski definition) is 0. The van der Waals surface area contributed by atoms with Crippen molar-refractivity contribution < 1.29 is 9.53 Å². The summed E-state index contributed by atoms with van der Waals surface area (Å²) in [7, 11) is 1.62. The number of carbonyl (C=O) groups excluding carboxylic acids is 1. The molecule has 0 spiro atoms. The molecule has 9 heavy (non-hydrogen) atoms. The van der Waals surface area contributed by atoms with Crippen LogP contribution in [0.15, 0.2) is 12.1 Å². The van der Waals surface area contributed by atoms with Gasteiger partial charge in [0.15, 0.2) is 0 Å². The van der Waals surface area contributed by atoms with E-state index in [2.05, 4.69) is 0 Å². The van der Waals surface area contributed by atoms with Crippen molar-refractivity contribution in [2.75, 3.05) is 7.11 Å². The number of methoxy groups -OCH3 is 1. The third-order valence-corrected chi connectivity index (χ3v) is 2.96. The standard InChI is InChI=1S/C6H6O2Se/c1-8-6-3-2-5(4-7)9-6/h2-4H,1H3. The van der Waals surface area contributed by atoms with Crippen molar-refractivity contribution in [3.8, 4) is 4.62 Å². The van der Waals surface area contributed by atoms with Crippen LogP contribution in [0.2, 0.25) is 0 Å². The molecule has 3 heteroatoms. The predicted octanol–water partition coefficient (Wildman–Crippen LogP) is 0.565. The van der Waals surface area contributed by atoms with Gasteiger partial charge in [-0.2, -0.15) is 0 Å². The molecule has 0 aliphatic carbocycles. The third kappa shape index (κ3) is 1.44. The van der Waals surface area contributed by atoms with E-state index in [1.807, 2.05) is 6.07 Å². The van der Waals surface area contributed by atoms with E-state index in [9.17, 15) is 4.79 Å². The number of ether oxygens (including phenoxy) is 1. The van der Waals surface area contributed by atoms with Gasteiger partial charge in [-0.25, -0.2) is 0 Å². The zero-order chi connectivity index (χ0) is 6.69. The van der Waals surface area contributed by atoms with E-state index in [4.69, 9.17) is 4.74 Å². The second kappa shape index (κ2) is 2.85. The summed E-state index contributed by atoms with van der Waals surface area (Å²) in [5.41, 5.74) is 0. The van der Waals surface area contributed by atoms with E-state index in [-0.39, 0.29) is 14.5 Å². The number of aldehydes is 1. The fourth-order valence-corrected chi connectivity index (χ4v) is 1.84. The second-order valence-corrected chi connectivity index (χ2v) is 3.74. The molecule has 2 nitrogen and oxygen atoms in total. The van der Waals surface area contributed by atoms with Gasteiger partial charge in [-0.1, -0.05) is 0 Å². The molecule has 0 fully saturated rings. The normalized spacial score (nSPS) is 9.00. The third-order valence-electron chi connectivity index (χ3n) is 0.919. The molecule has 1 rings (SSSR count). The zero-order valence-electron chi connectivity index (χ0n) is 4.96. The van der Waals surface area contributed by atoms with Gasteiger partial charge in [-0.15, -0.1) is 0 Å². The summed E-state index contributed by atoms with van der Waals surface area (Å²) >= 11 is 0.135. The number of rotatable bonds is 2. The van der Waals surface area contributed by atoms with Crippen LogP contribution < -0.4 is 4.74 Å². The molecule has 48 valence electrons. The van der Waals surface area contributed by atoms with Crippen LogP contribution in [-0.4, -0.2) is 27.9 Å². The van der Waals surface area contributed by atoms with E-state index in [0.29, 0.717) is 0 Å². The van der Waals surface area contributed by atoms with Crippen LogP contribution >= 0.6 is 0 Å². The fourth-order valence-electron chi connectivity index (χ4n) is 0.507. The van der Waals surface area contributed by atoms with E-state index in [1.54, 1.807) is 13.2 Å². The van der Waals surface area contributed by atoms with Gasteiger partial charge in [0.1, 0.15) is 0 Å². The Morgan fingerprint density at radius 1 is 1.67 bits per heavy atom. The van der Waals surface area contributed by atoms with Gasteiger partial charge in [0.2, 0.25) is 0 Å².